The zero-order valence-electron chi connectivity index (χ0n) is 12.4. The standard InChI is InChI=1S/C16H14ClN3O4/c17-13-7-2-1-4-10(13)9-14(15(18)21)19-16(22)11-5-3-6-12(8-11)20(23)24/h1-8,14H,9H2,(H2,18,21)(H,19,22)/t14-/m0/s1. The molecule has 2 rings (SSSR count). The number of hydrogen-bond acceptors (Lipinski definition) is 4. The highest BCUT2D eigenvalue weighted by Gasteiger charge is 2.21. The van der Waals surface area contributed by atoms with Crippen LogP contribution < -0.4 is 11.1 Å². The third kappa shape index (κ3) is 4.30. The van der Waals surface area contributed by atoms with Gasteiger partial charge in [0.1, 0.15) is 6.04 Å². The van der Waals surface area contributed by atoms with Crippen LogP contribution in [0.2, 0.25) is 5.02 Å². The van der Waals surface area contributed by atoms with E-state index in [0.29, 0.717) is 10.6 Å². The van der Waals surface area contributed by atoms with Crippen LogP contribution >= 0.6 is 11.6 Å². The number of non-ortho nitro benzene ring substituents is 1. The van der Waals surface area contributed by atoms with Gasteiger partial charge in [-0.1, -0.05) is 35.9 Å². The first-order valence-electron chi connectivity index (χ1n) is 6.96. The fourth-order valence-corrected chi connectivity index (χ4v) is 2.32. The van der Waals surface area contributed by atoms with E-state index in [1.165, 1.54) is 18.2 Å². The van der Waals surface area contributed by atoms with E-state index in [2.05, 4.69) is 5.32 Å². The first-order chi connectivity index (χ1) is 11.4. The number of nitrogens with one attached hydrogen (secondary N) is 1. The molecule has 0 fully saturated rings. The highest BCUT2D eigenvalue weighted by atomic mass is 35.5. The van der Waals surface area contributed by atoms with Crippen molar-refractivity contribution in [2.24, 2.45) is 5.73 Å². The summed E-state index contributed by atoms with van der Waals surface area (Å²) in [5, 5.41) is 13.7. The second kappa shape index (κ2) is 7.56. The van der Waals surface area contributed by atoms with Crippen LogP contribution in [0.15, 0.2) is 48.5 Å². The quantitative estimate of drug-likeness (QED) is 0.614. The van der Waals surface area contributed by atoms with Crippen LogP contribution in [0.25, 0.3) is 0 Å². The van der Waals surface area contributed by atoms with Crippen molar-refractivity contribution in [3.63, 3.8) is 0 Å². The van der Waals surface area contributed by atoms with Gasteiger partial charge in [0.15, 0.2) is 0 Å². The number of carbonyl (C=O) groups is 2. The predicted molar refractivity (Wildman–Crippen MR) is 88.7 cm³/mol. The van der Waals surface area contributed by atoms with E-state index < -0.39 is 22.8 Å². The largest absolute Gasteiger partial charge is 0.368 e. The Morgan fingerprint density at radius 2 is 1.92 bits per heavy atom. The Morgan fingerprint density at radius 3 is 2.54 bits per heavy atom. The molecule has 1 atom stereocenters. The normalized spacial score (nSPS) is 11.5. The van der Waals surface area contributed by atoms with Crippen molar-refractivity contribution in [2.45, 2.75) is 12.5 Å². The van der Waals surface area contributed by atoms with Gasteiger partial charge in [-0.25, -0.2) is 0 Å². The Bertz CT molecular complexity index is 794. The van der Waals surface area contributed by atoms with Gasteiger partial charge in [-0.15, -0.1) is 0 Å². The number of nitrogens with zero attached hydrogens (tertiary/aromatic N) is 1. The van der Waals surface area contributed by atoms with Gasteiger partial charge in [0.05, 0.1) is 4.92 Å². The topological polar surface area (TPSA) is 115 Å². The highest BCUT2D eigenvalue weighted by molar-refractivity contribution is 6.31. The number of rotatable bonds is 6. The van der Waals surface area contributed by atoms with Gasteiger partial charge in [0.2, 0.25) is 5.91 Å². The van der Waals surface area contributed by atoms with Crippen LogP contribution in [0.3, 0.4) is 0 Å². The molecule has 2 aromatic rings. The number of nitro groups is 1. The molecule has 2 amide bonds. The number of amides is 2. The molecule has 0 radical (unpaired) electrons. The number of hydrogen-bond donors (Lipinski definition) is 2. The van der Waals surface area contributed by atoms with Crippen molar-refractivity contribution in [1.82, 2.24) is 5.32 Å². The summed E-state index contributed by atoms with van der Waals surface area (Å²) in [7, 11) is 0. The first-order valence-corrected chi connectivity index (χ1v) is 7.34. The minimum absolute atomic E-state index is 0.0645. The van der Waals surface area contributed by atoms with Crippen molar-refractivity contribution in [3.05, 3.63) is 74.8 Å². The van der Waals surface area contributed by atoms with E-state index in [1.54, 1.807) is 24.3 Å². The Balaban J connectivity index is 2.17. The Kier molecular flexibility index (Phi) is 5.49. The summed E-state index contributed by atoms with van der Waals surface area (Å²) in [6.45, 7) is 0. The van der Waals surface area contributed by atoms with E-state index in [9.17, 15) is 19.7 Å². The molecule has 124 valence electrons. The van der Waals surface area contributed by atoms with Crippen molar-refractivity contribution < 1.29 is 14.5 Å². The van der Waals surface area contributed by atoms with Crippen molar-refractivity contribution in [2.75, 3.05) is 0 Å². The molecule has 0 heterocycles. The third-order valence-corrected chi connectivity index (χ3v) is 3.72. The fraction of sp³-hybridized carbons (Fsp3) is 0.125. The lowest BCUT2D eigenvalue weighted by molar-refractivity contribution is -0.384. The van der Waals surface area contributed by atoms with Gasteiger partial charge in [0, 0.05) is 29.1 Å². The molecule has 0 unspecified atom stereocenters. The summed E-state index contributed by atoms with van der Waals surface area (Å²) in [5.74, 6) is -1.36. The van der Waals surface area contributed by atoms with Crippen molar-refractivity contribution in [3.8, 4) is 0 Å². The second-order valence-electron chi connectivity index (χ2n) is 5.03. The molecular formula is C16H14ClN3O4. The van der Waals surface area contributed by atoms with E-state index in [1.807, 2.05) is 0 Å². The van der Waals surface area contributed by atoms with Gasteiger partial charge in [0.25, 0.3) is 11.6 Å². The molecule has 0 bridgehead atoms. The average molecular weight is 348 g/mol. The molecule has 7 nitrogen and oxygen atoms in total. The van der Waals surface area contributed by atoms with Gasteiger partial charge < -0.3 is 11.1 Å². The van der Waals surface area contributed by atoms with Crippen molar-refractivity contribution in [1.29, 1.82) is 0 Å². The van der Waals surface area contributed by atoms with E-state index in [-0.39, 0.29) is 17.7 Å². The van der Waals surface area contributed by atoms with E-state index in [4.69, 9.17) is 17.3 Å². The minimum Gasteiger partial charge on any atom is -0.368 e. The van der Waals surface area contributed by atoms with Crippen molar-refractivity contribution >= 4 is 29.1 Å². The molecule has 24 heavy (non-hydrogen) atoms. The molecule has 0 aromatic heterocycles. The van der Waals surface area contributed by atoms with Crippen LogP contribution in [0.5, 0.6) is 0 Å². The second-order valence-corrected chi connectivity index (χ2v) is 5.44. The van der Waals surface area contributed by atoms with Gasteiger partial charge in [-0.05, 0) is 17.7 Å². The zero-order valence-corrected chi connectivity index (χ0v) is 13.2. The molecule has 0 aliphatic rings. The first kappa shape index (κ1) is 17.4. The maximum Gasteiger partial charge on any atom is 0.270 e. The summed E-state index contributed by atoms with van der Waals surface area (Å²) >= 11 is 6.04. The summed E-state index contributed by atoms with van der Waals surface area (Å²) in [6, 6.07) is 11.1. The predicted octanol–water partition coefficient (Wildman–Crippen LogP) is 2.07. The highest BCUT2D eigenvalue weighted by Crippen LogP contribution is 2.17. The van der Waals surface area contributed by atoms with Crippen LogP contribution in [0, 0.1) is 10.1 Å². The maximum absolute atomic E-state index is 12.2. The Labute approximate surface area is 142 Å². The molecule has 0 saturated heterocycles. The van der Waals surface area contributed by atoms with Crippen LogP contribution in [0.1, 0.15) is 15.9 Å². The number of halogens is 1. The van der Waals surface area contributed by atoms with Crippen LogP contribution in [0.4, 0.5) is 5.69 Å². The Hall–Kier alpha value is -2.93. The van der Waals surface area contributed by atoms with Gasteiger partial charge >= 0.3 is 0 Å². The lowest BCUT2D eigenvalue weighted by Gasteiger charge is -2.16. The number of primary amides is 1. The monoisotopic (exact) mass is 347 g/mol. The smallest absolute Gasteiger partial charge is 0.270 e. The molecular weight excluding hydrogens is 334 g/mol. The minimum atomic E-state index is -0.989. The van der Waals surface area contributed by atoms with E-state index >= 15 is 0 Å². The average Bonchev–Trinajstić information content (AvgIpc) is 2.56. The maximum atomic E-state index is 12.2. The van der Waals surface area contributed by atoms with Gasteiger partial charge in [-0.3, -0.25) is 19.7 Å². The fourth-order valence-electron chi connectivity index (χ4n) is 2.11. The summed E-state index contributed by atoms with van der Waals surface area (Å²) in [6.07, 6.45) is 0.121. The van der Waals surface area contributed by atoms with Crippen LogP contribution in [-0.2, 0) is 11.2 Å². The number of nitrogens with two attached hydrogens (primary N) is 1. The Morgan fingerprint density at radius 1 is 1.21 bits per heavy atom. The molecule has 0 saturated carbocycles. The zero-order chi connectivity index (χ0) is 17.7. The summed E-state index contributed by atoms with van der Waals surface area (Å²) < 4.78 is 0. The summed E-state index contributed by atoms with van der Waals surface area (Å²) in [5.41, 5.74) is 5.84. The van der Waals surface area contributed by atoms with E-state index in [0.717, 1.165) is 6.07 Å². The lowest BCUT2D eigenvalue weighted by atomic mass is 10.0. The number of benzene rings is 2. The molecule has 0 aliphatic heterocycles. The molecule has 0 aliphatic carbocycles. The molecule has 2 aromatic carbocycles. The van der Waals surface area contributed by atoms with Gasteiger partial charge in [-0.2, -0.15) is 0 Å². The summed E-state index contributed by atoms with van der Waals surface area (Å²) in [4.78, 5) is 34.0. The molecule has 3 N–H and O–H groups in total. The molecule has 8 heteroatoms. The number of nitro benzene ring substituents is 1. The number of carbonyl (C=O) groups excluding carboxylic acids is 2. The lowest BCUT2D eigenvalue weighted by Crippen LogP contribution is -2.45. The molecule has 0 spiro atoms. The van der Waals surface area contributed by atoms with Crippen LogP contribution in [-0.4, -0.2) is 22.8 Å². The third-order valence-electron chi connectivity index (χ3n) is 3.35. The SMILES string of the molecule is NC(=O)[C@H](Cc1ccccc1Cl)NC(=O)c1cccc([N+](=O)[O-])c1.